The first-order chi connectivity index (χ1) is 14.6. The molecule has 0 radical (unpaired) electrons. The van der Waals surface area contributed by atoms with Crippen LogP contribution in [0.15, 0.2) is 34.0 Å². The number of anilines is 1. The van der Waals surface area contributed by atoms with Crippen LogP contribution >= 0.6 is 0 Å². The van der Waals surface area contributed by atoms with Crippen molar-refractivity contribution in [2.45, 2.75) is 25.8 Å². The molecule has 4 N–H and O–H groups in total. The summed E-state index contributed by atoms with van der Waals surface area (Å²) in [7, 11) is 0. The Morgan fingerprint density at radius 3 is 2.87 bits per heavy atom. The van der Waals surface area contributed by atoms with Crippen LogP contribution < -0.4 is 11.2 Å². The molecule has 1 fully saturated rings. The van der Waals surface area contributed by atoms with E-state index in [9.17, 15) is 9.90 Å². The van der Waals surface area contributed by atoms with Crippen LogP contribution in [0.2, 0.25) is 0 Å². The van der Waals surface area contributed by atoms with Crippen LogP contribution in [0.25, 0.3) is 5.82 Å². The van der Waals surface area contributed by atoms with E-state index in [1.165, 1.54) is 23.4 Å². The van der Waals surface area contributed by atoms with Gasteiger partial charge in [0, 0.05) is 6.54 Å². The molecule has 3 heterocycles. The smallest absolute Gasteiger partial charge is 0.292 e. The number of hydrogen-bond donors (Lipinski definition) is 3. The number of aromatic hydroxyl groups is 1. The van der Waals surface area contributed by atoms with Gasteiger partial charge in [-0.05, 0) is 53.9 Å². The van der Waals surface area contributed by atoms with Gasteiger partial charge < -0.3 is 10.8 Å². The number of rotatable bonds is 6. The molecule has 12 nitrogen and oxygen atoms in total. The number of amides is 1. The zero-order valence-electron chi connectivity index (χ0n) is 16.1. The molecule has 1 aliphatic heterocycles. The first-order valence-corrected chi connectivity index (χ1v) is 9.49. The van der Waals surface area contributed by atoms with Crippen molar-refractivity contribution in [1.82, 2.24) is 35.6 Å². The maximum Gasteiger partial charge on any atom is 0.292 e. The number of carbonyl (C=O) groups is 1. The van der Waals surface area contributed by atoms with E-state index in [-0.39, 0.29) is 23.1 Å². The molecule has 12 heteroatoms. The zero-order chi connectivity index (χ0) is 20.9. The zero-order valence-corrected chi connectivity index (χ0v) is 16.1. The van der Waals surface area contributed by atoms with E-state index in [1.54, 1.807) is 18.2 Å². The molecule has 0 spiro atoms. The summed E-state index contributed by atoms with van der Waals surface area (Å²) in [5.74, 6) is -0.368. The van der Waals surface area contributed by atoms with E-state index in [1.807, 2.05) is 0 Å². The van der Waals surface area contributed by atoms with Crippen molar-refractivity contribution >= 4 is 17.9 Å². The standard InChI is InChI=1S/C18H21N9O3/c19-16-17(24-30-23-16)27-15(14(21-25-27)11-26-7-2-1-3-8-26)18(29)22-20-10-12-5-4-6-13(28)9-12/h4-6,9-10,28H,1-3,7-8,11H2,(H2,19,23)(H,22,29)/b20-10+. The van der Waals surface area contributed by atoms with E-state index in [0.29, 0.717) is 17.8 Å². The summed E-state index contributed by atoms with van der Waals surface area (Å²) in [5.41, 5.74) is 9.49. The van der Waals surface area contributed by atoms with Gasteiger partial charge in [-0.25, -0.2) is 10.1 Å². The second-order valence-corrected chi connectivity index (χ2v) is 6.90. The molecule has 156 valence electrons. The van der Waals surface area contributed by atoms with Gasteiger partial charge in [0.05, 0.1) is 6.21 Å². The first-order valence-electron chi connectivity index (χ1n) is 9.49. The number of nitrogens with two attached hydrogens (primary N) is 1. The van der Waals surface area contributed by atoms with Crippen molar-refractivity contribution in [1.29, 1.82) is 0 Å². The number of likely N-dealkylation sites (tertiary alicyclic amines) is 1. The summed E-state index contributed by atoms with van der Waals surface area (Å²) in [6.07, 6.45) is 4.82. The van der Waals surface area contributed by atoms with Crippen LogP contribution in [0.4, 0.5) is 5.82 Å². The topological polar surface area (TPSA) is 161 Å². The Morgan fingerprint density at radius 2 is 2.13 bits per heavy atom. The summed E-state index contributed by atoms with van der Waals surface area (Å²) < 4.78 is 5.83. The highest BCUT2D eigenvalue weighted by Crippen LogP contribution is 2.19. The van der Waals surface area contributed by atoms with Gasteiger partial charge in [0.2, 0.25) is 11.6 Å². The largest absolute Gasteiger partial charge is 0.508 e. The fraction of sp³-hybridized carbons (Fsp3) is 0.333. The fourth-order valence-corrected chi connectivity index (χ4v) is 3.29. The second kappa shape index (κ2) is 8.69. The Balaban J connectivity index is 1.59. The molecule has 1 amide bonds. The number of phenolic OH excluding ortho intramolecular Hbond substituents is 1. The third-order valence-electron chi connectivity index (χ3n) is 4.72. The minimum atomic E-state index is -0.536. The van der Waals surface area contributed by atoms with Crippen LogP contribution in [-0.4, -0.2) is 60.5 Å². The monoisotopic (exact) mass is 411 g/mol. The first kappa shape index (κ1) is 19.5. The maximum absolute atomic E-state index is 12.9. The number of hydrazone groups is 1. The molecule has 0 aliphatic carbocycles. The quantitative estimate of drug-likeness (QED) is 0.391. The Morgan fingerprint density at radius 1 is 1.30 bits per heavy atom. The summed E-state index contributed by atoms with van der Waals surface area (Å²) in [6, 6.07) is 6.48. The summed E-state index contributed by atoms with van der Waals surface area (Å²) in [5, 5.41) is 28.9. The van der Waals surface area contributed by atoms with Crippen LogP contribution in [0, 0.1) is 0 Å². The van der Waals surface area contributed by atoms with Gasteiger partial charge >= 0.3 is 0 Å². The normalized spacial score (nSPS) is 14.9. The molecule has 0 atom stereocenters. The molecule has 1 saturated heterocycles. The minimum absolute atomic E-state index is 0.0123. The molecule has 0 bridgehead atoms. The van der Waals surface area contributed by atoms with E-state index < -0.39 is 5.91 Å². The Labute approximate surface area is 171 Å². The van der Waals surface area contributed by atoms with Crippen LogP contribution in [0.3, 0.4) is 0 Å². The molecular formula is C18H21N9O3. The summed E-state index contributed by atoms with van der Waals surface area (Å²) in [6.45, 7) is 2.32. The number of carbonyl (C=O) groups excluding carboxylic acids is 1. The average molecular weight is 411 g/mol. The van der Waals surface area contributed by atoms with Crippen molar-refractivity contribution in [2.75, 3.05) is 18.8 Å². The highest BCUT2D eigenvalue weighted by molar-refractivity contribution is 5.95. The molecule has 4 rings (SSSR count). The van der Waals surface area contributed by atoms with Gasteiger partial charge in [0.1, 0.15) is 11.4 Å². The number of nitrogens with zero attached hydrogens (tertiary/aromatic N) is 7. The minimum Gasteiger partial charge on any atom is -0.508 e. The van der Waals surface area contributed by atoms with Crippen molar-refractivity contribution in [3.05, 3.63) is 41.2 Å². The van der Waals surface area contributed by atoms with Crippen LogP contribution in [0.5, 0.6) is 5.75 Å². The third-order valence-corrected chi connectivity index (χ3v) is 4.72. The lowest BCUT2D eigenvalue weighted by Crippen LogP contribution is -2.31. The lowest BCUT2D eigenvalue weighted by molar-refractivity contribution is 0.0944. The molecule has 0 saturated carbocycles. The van der Waals surface area contributed by atoms with Gasteiger partial charge in [0.15, 0.2) is 5.69 Å². The van der Waals surface area contributed by atoms with E-state index in [2.05, 4.69) is 40.7 Å². The number of phenols is 1. The van der Waals surface area contributed by atoms with Crippen LogP contribution in [0.1, 0.15) is 41.0 Å². The summed E-state index contributed by atoms with van der Waals surface area (Å²) in [4.78, 5) is 15.2. The van der Waals surface area contributed by atoms with Gasteiger partial charge in [-0.1, -0.05) is 23.8 Å². The van der Waals surface area contributed by atoms with Gasteiger partial charge in [-0.3, -0.25) is 9.69 Å². The molecule has 1 aliphatic rings. The molecule has 3 aromatic rings. The average Bonchev–Trinajstić information content (AvgIpc) is 3.34. The number of aromatic nitrogens is 5. The lowest BCUT2D eigenvalue weighted by atomic mass is 10.1. The predicted octanol–water partition coefficient (Wildman–Crippen LogP) is 0.688. The van der Waals surface area contributed by atoms with Crippen LogP contribution in [-0.2, 0) is 6.54 Å². The van der Waals surface area contributed by atoms with Crippen molar-refractivity contribution in [3.63, 3.8) is 0 Å². The molecule has 2 aromatic heterocycles. The van der Waals surface area contributed by atoms with Gasteiger partial charge in [-0.2, -0.15) is 9.78 Å². The Hall–Kier alpha value is -3.80. The molecule has 0 unspecified atom stereocenters. The highest BCUT2D eigenvalue weighted by atomic mass is 16.6. The fourth-order valence-electron chi connectivity index (χ4n) is 3.29. The Kier molecular flexibility index (Phi) is 5.66. The number of nitrogens with one attached hydrogen (secondary N) is 1. The van der Waals surface area contributed by atoms with Crippen molar-refractivity contribution < 1.29 is 14.5 Å². The number of benzene rings is 1. The number of nitrogen functional groups attached to an aromatic ring is 1. The molecule has 1 aromatic carbocycles. The molecular weight excluding hydrogens is 390 g/mol. The van der Waals surface area contributed by atoms with E-state index in [4.69, 9.17) is 5.73 Å². The maximum atomic E-state index is 12.9. The SMILES string of the molecule is Nc1nonc1-n1nnc(CN2CCCCC2)c1C(=O)N/N=C/c1cccc(O)c1. The lowest BCUT2D eigenvalue weighted by Gasteiger charge is -2.25. The highest BCUT2D eigenvalue weighted by Gasteiger charge is 2.26. The number of piperidine rings is 1. The van der Waals surface area contributed by atoms with E-state index >= 15 is 0 Å². The second-order valence-electron chi connectivity index (χ2n) is 6.90. The molecule has 30 heavy (non-hydrogen) atoms. The Bertz CT molecular complexity index is 1050. The predicted molar refractivity (Wildman–Crippen MR) is 106 cm³/mol. The van der Waals surface area contributed by atoms with E-state index in [0.717, 1.165) is 25.9 Å². The summed E-state index contributed by atoms with van der Waals surface area (Å²) >= 11 is 0. The van der Waals surface area contributed by atoms with Gasteiger partial charge in [-0.15, -0.1) is 5.10 Å². The number of hydrogen-bond acceptors (Lipinski definition) is 10. The van der Waals surface area contributed by atoms with Crippen molar-refractivity contribution in [3.8, 4) is 11.6 Å². The van der Waals surface area contributed by atoms with Gasteiger partial charge in [0.25, 0.3) is 5.91 Å². The third kappa shape index (κ3) is 4.27. The van der Waals surface area contributed by atoms with Crippen molar-refractivity contribution in [2.24, 2.45) is 5.10 Å².